The standard InChI is InChI=1S/C15H18O5.C14H16O5.C10H14O6.C9H8F8O2.C8H6F8O2.2C6H11O6P.C6H8O4.C2H4O3S/c1-11(2)15(18)20-10-4-3-9-19-13-7-5-12(6-8-13)14(16)17;1-2-13(15)19-10-4-3-9-18-12-7-5-11(6-8-12)14(16)17;1-7(2)10(14)16-6-5-15-9(13)4-3-8(11)12;1-4(2)5(18)19-3-7(12,13)9(16,17)8(14,15)6(10)11;1-2-4(17)18-3-6(11,12)8(15,16)7(13,14)5(9)10;2*1-5(2)6(7)11-3-4-12-13(8,9)10;1-2-6(9)10-4-3-5(7)8;1-2-6(3,4)5/h5-8H,1,3-4,9-10H2,2H3,(H,16,17);2,5-8H,1,3-4,9-10H2,(H,16,17);1,3-6H2,2H3,(H,11,12);6H,1,3H2,2H3;2,5H,1,3H2;2*1,3-4H2,2H3,(H2,8,9,10);2H,1,3-4H2,(H,7,8);2H,1H2,(H,3,4,5). The van der Waals surface area contributed by atoms with Gasteiger partial charge in [-0.2, -0.15) is 61.1 Å². The Morgan fingerprint density at radius 3 is 0.896 bits per heavy atom. The SMILES string of the molecule is C=C(C)C(=O)OCC(F)(F)C(F)(F)C(F)(F)C(F)F.C=C(C)C(=O)OCCCCOc1ccc(C(=O)O)cc1.C=C(C)C(=O)OCCOC(=O)CCC(=O)O.C=C(C)C(=O)OCCOP(=O)(O)O.C=C(C)C(=O)OCCOP(=O)(O)O.C=CC(=O)OCC(F)(F)C(F)(F)C(F)(F)C(F)F.C=CC(=O)OCCC(=O)O.C=CC(=O)OCCCCOc1ccc(C(=O)O)cc1.C=CS(=O)(=O)O. The summed E-state index contributed by atoms with van der Waals surface area (Å²) in [5.74, 6) is -46.3. The van der Waals surface area contributed by atoms with Gasteiger partial charge in [0.15, 0.2) is 13.2 Å². The number of esters is 9. The summed E-state index contributed by atoms with van der Waals surface area (Å²) >= 11 is 0. The number of halogens is 16. The molecule has 134 heavy (non-hydrogen) atoms. The zero-order chi connectivity index (χ0) is 106. The highest BCUT2D eigenvalue weighted by Gasteiger charge is 2.77. The second-order valence-corrected chi connectivity index (χ2v) is 28.2. The lowest BCUT2D eigenvalue weighted by Crippen LogP contribution is -2.59. The molecule has 0 bridgehead atoms. The van der Waals surface area contributed by atoms with Crippen LogP contribution in [-0.4, -0.2) is 265 Å². The lowest BCUT2D eigenvalue weighted by atomic mass is 10.1. The Morgan fingerprint density at radius 2 is 0.627 bits per heavy atom. The first-order chi connectivity index (χ1) is 61.1. The molecule has 2 rings (SSSR count). The van der Waals surface area contributed by atoms with Crippen LogP contribution in [0.2, 0.25) is 0 Å². The Kier molecular flexibility index (Phi) is 69.2. The summed E-state index contributed by atoms with van der Waals surface area (Å²) in [6, 6.07) is 12.4. The molecule has 2 aromatic rings. The van der Waals surface area contributed by atoms with Gasteiger partial charge >= 0.3 is 142 Å². The van der Waals surface area contributed by atoms with E-state index in [0.29, 0.717) is 67.8 Å². The van der Waals surface area contributed by atoms with Crippen LogP contribution in [-0.2, 0) is 124 Å². The number of benzene rings is 2. The average Bonchev–Trinajstić information content (AvgIpc) is 0.765. The second-order valence-electron chi connectivity index (χ2n) is 24.3. The monoisotopic (exact) mass is 2030 g/mol. The van der Waals surface area contributed by atoms with Gasteiger partial charge in [0.2, 0.25) is 0 Å². The van der Waals surface area contributed by atoms with Crippen molar-refractivity contribution in [3.8, 4) is 11.5 Å². The van der Waals surface area contributed by atoms with Crippen molar-refractivity contribution < 1.29 is 256 Å². The van der Waals surface area contributed by atoms with Gasteiger partial charge in [-0.15, -0.1) is 0 Å². The molecule has 0 atom stereocenters. The number of carbonyl (C=O) groups is 13. The van der Waals surface area contributed by atoms with Gasteiger partial charge in [-0.1, -0.05) is 59.2 Å². The van der Waals surface area contributed by atoms with Crippen molar-refractivity contribution in [2.45, 2.75) is 128 Å². The number of hydrogen-bond donors (Lipinski definition) is 9. The zero-order valence-electron chi connectivity index (χ0n) is 71.2. The van der Waals surface area contributed by atoms with E-state index in [1.54, 1.807) is 31.2 Å². The molecule has 0 aliphatic carbocycles. The van der Waals surface area contributed by atoms with Crippen LogP contribution in [0.25, 0.3) is 0 Å². The van der Waals surface area contributed by atoms with E-state index in [4.69, 9.17) is 63.5 Å². The van der Waals surface area contributed by atoms with Crippen LogP contribution in [0.15, 0.2) is 159 Å². The maximum absolute atomic E-state index is 12.8. The molecular weight excluding hydrogens is 1930 g/mol. The van der Waals surface area contributed by atoms with Gasteiger partial charge in [0.25, 0.3) is 10.1 Å². The van der Waals surface area contributed by atoms with Gasteiger partial charge in [0.05, 0.1) is 75.4 Å². The number of rotatable bonds is 50. The molecule has 39 nitrogen and oxygen atoms in total. The highest BCUT2D eigenvalue weighted by atomic mass is 32.2. The number of aromatic carboxylic acids is 2. The lowest BCUT2D eigenvalue weighted by molar-refractivity contribution is -0.344. The van der Waals surface area contributed by atoms with Gasteiger partial charge in [-0.05, 0) is 109 Å². The summed E-state index contributed by atoms with van der Waals surface area (Å²) in [5.41, 5.74) is 1.08. The third-order valence-electron chi connectivity index (χ3n) is 12.7. The summed E-state index contributed by atoms with van der Waals surface area (Å²) in [6.45, 7) is 30.7. The second kappa shape index (κ2) is 68.8. The van der Waals surface area contributed by atoms with Crippen molar-refractivity contribution in [3.63, 3.8) is 0 Å². The van der Waals surface area contributed by atoms with E-state index >= 15 is 0 Å². The summed E-state index contributed by atoms with van der Waals surface area (Å²) in [6.07, 6.45) is -5.34. The van der Waals surface area contributed by atoms with Crippen LogP contribution in [0.4, 0.5) is 70.2 Å². The molecule has 0 radical (unpaired) electrons. The van der Waals surface area contributed by atoms with E-state index in [9.17, 15) is 150 Å². The molecule has 0 fully saturated rings. The Bertz CT molecular complexity index is 4340. The first-order valence-corrected chi connectivity index (χ1v) is 40.5. The van der Waals surface area contributed by atoms with E-state index in [2.05, 4.69) is 101 Å². The number of aliphatic carboxylic acids is 2. The quantitative estimate of drug-likeness (QED) is 0.00565. The Hall–Kier alpha value is -12.2. The fourth-order valence-corrected chi connectivity index (χ4v) is 6.58. The highest BCUT2D eigenvalue weighted by Crippen LogP contribution is 2.50. The zero-order valence-corrected chi connectivity index (χ0v) is 73.8. The number of phosphoric acid groups is 2. The molecule has 0 saturated carbocycles. The minimum atomic E-state index is -6.39. The Labute approximate surface area is 752 Å². The molecule has 0 aromatic heterocycles. The third kappa shape index (κ3) is 68.8. The molecule has 0 saturated heterocycles. The van der Waals surface area contributed by atoms with E-state index < -0.39 is 165 Å². The van der Waals surface area contributed by atoms with Crippen molar-refractivity contribution in [2.75, 3.05) is 85.9 Å². The van der Waals surface area contributed by atoms with Crippen LogP contribution in [0.1, 0.15) is 100 Å². The molecule has 0 unspecified atom stereocenters. The van der Waals surface area contributed by atoms with Gasteiger partial charge in [0.1, 0.15) is 44.5 Å². The predicted molar refractivity (Wildman–Crippen MR) is 428 cm³/mol. The lowest BCUT2D eigenvalue weighted by Gasteiger charge is -2.31. The molecular formula is C76H96F16O39P2S. The molecule has 0 aliphatic heterocycles. The number of unbranched alkanes of at least 4 members (excludes halogenated alkanes) is 2. The fourth-order valence-electron chi connectivity index (χ4n) is 5.96. The van der Waals surface area contributed by atoms with Crippen molar-refractivity contribution in [1.29, 1.82) is 0 Å². The van der Waals surface area contributed by atoms with Crippen molar-refractivity contribution in [1.82, 2.24) is 0 Å². The van der Waals surface area contributed by atoms with Gasteiger partial charge < -0.3 is 92.1 Å². The smallest absolute Gasteiger partial charge is 0.469 e. The molecule has 0 aliphatic rings. The normalized spacial score (nSPS) is 11.0. The van der Waals surface area contributed by atoms with Gasteiger partial charge in [-0.25, -0.2) is 74.6 Å². The topological polar surface area (TPSA) is 592 Å². The summed E-state index contributed by atoms with van der Waals surface area (Å²) < 4.78 is 303. The number of phosphoric ester groups is 2. The van der Waals surface area contributed by atoms with Crippen LogP contribution < -0.4 is 9.47 Å². The van der Waals surface area contributed by atoms with E-state index in [-0.39, 0.29) is 99.3 Å². The van der Waals surface area contributed by atoms with Crippen molar-refractivity contribution in [2.24, 2.45) is 0 Å². The fraction of sp³-hybridized carbons (Fsp3) is 0.434. The minimum Gasteiger partial charge on any atom is -0.494 e. The van der Waals surface area contributed by atoms with Gasteiger partial charge in [-0.3, -0.25) is 28.0 Å². The first kappa shape index (κ1) is 135. The molecule has 0 amide bonds. The number of carbonyl (C=O) groups excluding carboxylic acids is 9. The molecule has 0 spiro atoms. The first-order valence-electron chi connectivity index (χ1n) is 36.0. The number of carboxylic acids is 4. The van der Waals surface area contributed by atoms with Crippen LogP contribution >= 0.6 is 15.6 Å². The van der Waals surface area contributed by atoms with E-state index in [0.717, 1.165) is 31.9 Å². The van der Waals surface area contributed by atoms with Crippen molar-refractivity contribution in [3.05, 3.63) is 170 Å². The molecule has 9 N–H and O–H groups in total. The van der Waals surface area contributed by atoms with Crippen LogP contribution in [0.3, 0.4) is 0 Å². The number of alkyl halides is 16. The predicted octanol–water partition coefficient (Wildman–Crippen LogP) is 12.3. The molecule has 58 heteroatoms. The maximum Gasteiger partial charge on any atom is 0.469 e. The number of carboxylic acid groups (broad SMARTS) is 4. The van der Waals surface area contributed by atoms with E-state index in [1.807, 2.05) is 0 Å². The largest absolute Gasteiger partial charge is 0.494 e. The Balaban J connectivity index is -0.000000275. The number of ether oxygens (including phenoxy) is 11. The highest BCUT2D eigenvalue weighted by molar-refractivity contribution is 7.88. The number of hydrogen-bond acceptors (Lipinski definition) is 30. The summed E-state index contributed by atoms with van der Waals surface area (Å²) in [7, 11) is -12.8. The molecule has 2 aromatic carbocycles. The molecule has 0 heterocycles. The van der Waals surface area contributed by atoms with Crippen LogP contribution in [0, 0.1) is 0 Å². The van der Waals surface area contributed by atoms with Gasteiger partial charge in [0, 0.05) is 46.1 Å². The van der Waals surface area contributed by atoms with E-state index in [1.165, 1.54) is 45.0 Å². The average molecular weight is 2030 g/mol. The third-order valence-corrected chi connectivity index (χ3v) is 14.1. The summed E-state index contributed by atoms with van der Waals surface area (Å²) in [4.78, 5) is 170. The van der Waals surface area contributed by atoms with Crippen molar-refractivity contribution >= 4 is 103 Å². The van der Waals surface area contributed by atoms with Crippen LogP contribution in [0.5, 0.6) is 11.5 Å². The Morgan fingerprint density at radius 1 is 0.373 bits per heavy atom. The summed E-state index contributed by atoms with van der Waals surface area (Å²) in [5, 5.41) is 34.3. The maximum atomic E-state index is 12.8. The molecule has 762 valence electrons. The minimum absolute atomic E-state index is 0.0650.